The summed E-state index contributed by atoms with van der Waals surface area (Å²) in [5.41, 5.74) is 2.89. The quantitative estimate of drug-likeness (QED) is 0.637. The third-order valence-electron chi connectivity index (χ3n) is 5.32. The number of carbonyl (C=O) groups is 1. The molecule has 6 heteroatoms. The number of morpholine rings is 1. The SMILES string of the molecule is C[C@H]1CN(CCCNC(=O)c2cc(-c3ccccn3)nc3ccccc23)C[C@H](C)O1. The van der Waals surface area contributed by atoms with Crippen LogP contribution in [-0.2, 0) is 4.74 Å². The average molecular weight is 405 g/mol. The molecule has 3 aromatic rings. The molecule has 1 saturated heterocycles. The molecule has 4 rings (SSSR count). The Morgan fingerprint density at radius 2 is 1.87 bits per heavy atom. The van der Waals surface area contributed by atoms with Gasteiger partial charge in [0.1, 0.15) is 0 Å². The van der Waals surface area contributed by atoms with E-state index in [1.807, 2.05) is 48.5 Å². The summed E-state index contributed by atoms with van der Waals surface area (Å²) in [6, 6.07) is 15.3. The van der Waals surface area contributed by atoms with E-state index < -0.39 is 0 Å². The molecule has 1 aromatic carbocycles. The summed E-state index contributed by atoms with van der Waals surface area (Å²) < 4.78 is 5.78. The molecule has 1 aliphatic rings. The first-order valence-electron chi connectivity index (χ1n) is 10.6. The van der Waals surface area contributed by atoms with Gasteiger partial charge in [0, 0.05) is 37.8 Å². The zero-order chi connectivity index (χ0) is 20.9. The van der Waals surface area contributed by atoms with E-state index in [0.717, 1.165) is 42.7 Å². The summed E-state index contributed by atoms with van der Waals surface area (Å²) in [4.78, 5) is 24.5. The number of nitrogens with zero attached hydrogens (tertiary/aromatic N) is 3. The maximum atomic E-state index is 13.0. The highest BCUT2D eigenvalue weighted by molar-refractivity contribution is 6.07. The van der Waals surface area contributed by atoms with Crippen LogP contribution in [0.15, 0.2) is 54.7 Å². The lowest BCUT2D eigenvalue weighted by atomic mass is 10.1. The van der Waals surface area contributed by atoms with E-state index in [2.05, 4.69) is 29.0 Å². The molecule has 30 heavy (non-hydrogen) atoms. The minimum absolute atomic E-state index is 0.0745. The van der Waals surface area contributed by atoms with E-state index in [1.54, 1.807) is 6.20 Å². The third-order valence-corrected chi connectivity index (χ3v) is 5.32. The molecule has 1 aliphatic heterocycles. The average Bonchev–Trinajstić information content (AvgIpc) is 2.76. The first-order chi connectivity index (χ1) is 14.6. The number of hydrogen-bond acceptors (Lipinski definition) is 5. The molecule has 0 saturated carbocycles. The van der Waals surface area contributed by atoms with Crippen LogP contribution in [0.25, 0.3) is 22.3 Å². The molecule has 0 aliphatic carbocycles. The van der Waals surface area contributed by atoms with Gasteiger partial charge in [0.05, 0.1) is 34.7 Å². The van der Waals surface area contributed by atoms with E-state index in [-0.39, 0.29) is 18.1 Å². The Kier molecular flexibility index (Phi) is 6.35. The van der Waals surface area contributed by atoms with Crippen LogP contribution in [-0.4, -0.2) is 59.2 Å². The van der Waals surface area contributed by atoms with Gasteiger partial charge in [-0.2, -0.15) is 0 Å². The highest BCUT2D eigenvalue weighted by atomic mass is 16.5. The topological polar surface area (TPSA) is 67.4 Å². The number of pyridine rings is 2. The molecule has 3 heterocycles. The smallest absolute Gasteiger partial charge is 0.252 e. The van der Waals surface area contributed by atoms with Crippen molar-refractivity contribution in [1.82, 2.24) is 20.2 Å². The Morgan fingerprint density at radius 1 is 1.10 bits per heavy atom. The van der Waals surface area contributed by atoms with E-state index in [0.29, 0.717) is 17.8 Å². The van der Waals surface area contributed by atoms with Crippen LogP contribution >= 0.6 is 0 Å². The number of carbonyl (C=O) groups excluding carboxylic acids is 1. The highest BCUT2D eigenvalue weighted by Crippen LogP contribution is 2.23. The van der Waals surface area contributed by atoms with Crippen molar-refractivity contribution in [2.24, 2.45) is 0 Å². The second kappa shape index (κ2) is 9.32. The van der Waals surface area contributed by atoms with Crippen LogP contribution in [0.4, 0.5) is 0 Å². The summed E-state index contributed by atoms with van der Waals surface area (Å²) >= 11 is 0. The fourth-order valence-corrected chi connectivity index (χ4v) is 4.08. The minimum Gasteiger partial charge on any atom is -0.373 e. The normalized spacial score (nSPS) is 19.7. The lowest BCUT2D eigenvalue weighted by Gasteiger charge is -2.35. The molecular formula is C24H28N4O2. The van der Waals surface area contributed by atoms with Gasteiger partial charge < -0.3 is 10.1 Å². The molecule has 2 atom stereocenters. The molecule has 1 fully saturated rings. The van der Waals surface area contributed by atoms with Gasteiger partial charge >= 0.3 is 0 Å². The second-order valence-corrected chi connectivity index (χ2v) is 7.91. The van der Waals surface area contributed by atoms with Gasteiger partial charge in [0.15, 0.2) is 0 Å². The van der Waals surface area contributed by atoms with Gasteiger partial charge in [-0.1, -0.05) is 24.3 Å². The monoisotopic (exact) mass is 404 g/mol. The molecular weight excluding hydrogens is 376 g/mol. The Morgan fingerprint density at radius 3 is 2.63 bits per heavy atom. The van der Waals surface area contributed by atoms with Crippen LogP contribution in [0.3, 0.4) is 0 Å². The van der Waals surface area contributed by atoms with Crippen molar-refractivity contribution >= 4 is 16.8 Å². The maximum Gasteiger partial charge on any atom is 0.252 e. The molecule has 156 valence electrons. The van der Waals surface area contributed by atoms with Crippen molar-refractivity contribution in [2.45, 2.75) is 32.5 Å². The van der Waals surface area contributed by atoms with E-state index in [4.69, 9.17) is 9.72 Å². The third kappa shape index (κ3) is 4.83. The first kappa shape index (κ1) is 20.4. The van der Waals surface area contributed by atoms with Crippen LogP contribution < -0.4 is 5.32 Å². The standard InChI is InChI=1S/C24H28N4O2/c1-17-15-28(16-18(2)30-17)13-7-12-26-24(29)20-14-23(22-10-5-6-11-25-22)27-21-9-4-3-8-19(20)21/h3-6,8-11,14,17-18H,7,12-13,15-16H2,1-2H3,(H,26,29)/t17-,18-/m0/s1. The summed E-state index contributed by atoms with van der Waals surface area (Å²) in [5, 5.41) is 3.94. The largest absolute Gasteiger partial charge is 0.373 e. The van der Waals surface area contributed by atoms with Crippen LogP contribution in [0, 0.1) is 0 Å². The van der Waals surface area contributed by atoms with Gasteiger partial charge in [0.2, 0.25) is 0 Å². The number of para-hydroxylation sites is 1. The maximum absolute atomic E-state index is 13.0. The summed E-state index contributed by atoms with van der Waals surface area (Å²) in [5.74, 6) is -0.0745. The predicted molar refractivity (Wildman–Crippen MR) is 118 cm³/mol. The first-order valence-corrected chi connectivity index (χ1v) is 10.6. The van der Waals surface area contributed by atoms with Crippen LogP contribution in [0.2, 0.25) is 0 Å². The second-order valence-electron chi connectivity index (χ2n) is 7.91. The summed E-state index contributed by atoms with van der Waals surface area (Å²) in [6.07, 6.45) is 3.16. The molecule has 1 N–H and O–H groups in total. The lowest BCUT2D eigenvalue weighted by molar-refractivity contribution is -0.0679. The van der Waals surface area contributed by atoms with Crippen molar-refractivity contribution in [3.63, 3.8) is 0 Å². The van der Waals surface area contributed by atoms with Crippen molar-refractivity contribution < 1.29 is 9.53 Å². The number of ether oxygens (including phenoxy) is 1. The molecule has 0 spiro atoms. The lowest BCUT2D eigenvalue weighted by Crippen LogP contribution is -2.46. The number of rotatable bonds is 6. The fourth-order valence-electron chi connectivity index (χ4n) is 4.08. The van der Waals surface area contributed by atoms with Gasteiger partial charge in [-0.3, -0.25) is 14.7 Å². The van der Waals surface area contributed by atoms with E-state index in [9.17, 15) is 4.79 Å². The number of aromatic nitrogens is 2. The number of fused-ring (bicyclic) bond motifs is 1. The number of benzene rings is 1. The van der Waals surface area contributed by atoms with Crippen molar-refractivity contribution in [3.8, 4) is 11.4 Å². The van der Waals surface area contributed by atoms with Crippen molar-refractivity contribution in [3.05, 3.63) is 60.3 Å². The van der Waals surface area contributed by atoms with Crippen LogP contribution in [0.1, 0.15) is 30.6 Å². The zero-order valence-electron chi connectivity index (χ0n) is 17.5. The number of amides is 1. The fraction of sp³-hybridized carbons (Fsp3) is 0.375. The summed E-state index contributed by atoms with van der Waals surface area (Å²) in [6.45, 7) is 7.70. The molecule has 0 bridgehead atoms. The van der Waals surface area contributed by atoms with Crippen molar-refractivity contribution in [2.75, 3.05) is 26.2 Å². The van der Waals surface area contributed by atoms with E-state index >= 15 is 0 Å². The van der Waals surface area contributed by atoms with Gasteiger partial charge in [-0.25, -0.2) is 4.98 Å². The van der Waals surface area contributed by atoms with Crippen molar-refractivity contribution in [1.29, 1.82) is 0 Å². The van der Waals surface area contributed by atoms with Gasteiger partial charge in [-0.05, 0) is 44.5 Å². The van der Waals surface area contributed by atoms with Crippen LogP contribution in [0.5, 0.6) is 0 Å². The number of nitrogens with one attached hydrogen (secondary N) is 1. The Bertz CT molecular complexity index is 999. The molecule has 0 unspecified atom stereocenters. The molecule has 2 aromatic heterocycles. The van der Waals surface area contributed by atoms with Gasteiger partial charge in [0.25, 0.3) is 5.91 Å². The Labute approximate surface area is 177 Å². The highest BCUT2D eigenvalue weighted by Gasteiger charge is 2.21. The zero-order valence-corrected chi connectivity index (χ0v) is 17.5. The predicted octanol–water partition coefficient (Wildman–Crippen LogP) is 3.53. The minimum atomic E-state index is -0.0745. The Hall–Kier alpha value is -2.83. The van der Waals surface area contributed by atoms with E-state index in [1.165, 1.54) is 0 Å². The molecule has 6 nitrogen and oxygen atoms in total. The number of hydrogen-bond donors (Lipinski definition) is 1. The summed E-state index contributed by atoms with van der Waals surface area (Å²) in [7, 11) is 0. The molecule has 1 amide bonds. The van der Waals surface area contributed by atoms with Gasteiger partial charge in [-0.15, -0.1) is 0 Å². The Balaban J connectivity index is 1.45. The molecule has 0 radical (unpaired) electrons.